The molecule has 28 heavy (non-hydrogen) atoms. The summed E-state index contributed by atoms with van der Waals surface area (Å²) in [5, 5.41) is 17.2. The van der Waals surface area contributed by atoms with Crippen LogP contribution in [0.15, 0.2) is 47.4 Å². The lowest BCUT2D eigenvalue weighted by molar-refractivity contribution is -0.0550. The van der Waals surface area contributed by atoms with Crippen molar-refractivity contribution < 1.29 is 9.84 Å². The molecule has 1 aliphatic rings. The van der Waals surface area contributed by atoms with Crippen molar-refractivity contribution in [3.05, 3.63) is 58.6 Å². The summed E-state index contributed by atoms with van der Waals surface area (Å²) in [5.74, 6) is 0. The van der Waals surface area contributed by atoms with Crippen LogP contribution in [-0.2, 0) is 11.3 Å². The zero-order valence-corrected chi connectivity index (χ0v) is 15.3. The van der Waals surface area contributed by atoms with E-state index < -0.39 is 0 Å². The minimum absolute atomic E-state index is 0.0184. The minimum Gasteiger partial charge on any atom is -0.394 e. The topological polar surface area (TPSA) is 98.7 Å². The first kappa shape index (κ1) is 17.2. The number of nitrogens with zero attached hydrogens (tertiary/aromatic N) is 3. The van der Waals surface area contributed by atoms with Gasteiger partial charge in [0.15, 0.2) is 5.65 Å². The predicted octanol–water partition coefficient (Wildman–Crippen LogP) is 1.36. The van der Waals surface area contributed by atoms with E-state index in [1.54, 1.807) is 4.40 Å². The van der Waals surface area contributed by atoms with Crippen LogP contribution >= 0.6 is 0 Å². The summed E-state index contributed by atoms with van der Waals surface area (Å²) in [7, 11) is 0. The Morgan fingerprint density at radius 2 is 2.21 bits per heavy atom. The molecule has 1 aromatic carbocycles. The molecule has 1 atom stereocenters. The van der Waals surface area contributed by atoms with E-state index in [9.17, 15) is 9.90 Å². The number of fused-ring (bicyclic) bond motifs is 3. The number of aliphatic hydroxyl groups excluding tert-OH is 1. The molecule has 1 unspecified atom stereocenters. The van der Waals surface area contributed by atoms with Gasteiger partial charge < -0.3 is 14.8 Å². The van der Waals surface area contributed by atoms with Crippen LogP contribution in [0.1, 0.15) is 5.56 Å². The van der Waals surface area contributed by atoms with Crippen LogP contribution in [0.4, 0.5) is 0 Å². The molecule has 1 saturated heterocycles. The van der Waals surface area contributed by atoms with Crippen LogP contribution in [0.5, 0.6) is 0 Å². The Morgan fingerprint density at radius 1 is 1.29 bits per heavy atom. The summed E-state index contributed by atoms with van der Waals surface area (Å²) >= 11 is 0. The maximum atomic E-state index is 12.4. The van der Waals surface area contributed by atoms with Crippen LogP contribution < -0.4 is 5.69 Å². The molecule has 1 aliphatic heterocycles. The van der Waals surface area contributed by atoms with Gasteiger partial charge in [0.05, 0.1) is 24.8 Å². The van der Waals surface area contributed by atoms with Gasteiger partial charge in [-0.2, -0.15) is 5.10 Å². The zero-order chi connectivity index (χ0) is 19.1. The molecule has 4 aromatic rings. The second-order valence-corrected chi connectivity index (χ2v) is 7.12. The van der Waals surface area contributed by atoms with Gasteiger partial charge in [-0.1, -0.05) is 12.1 Å². The van der Waals surface area contributed by atoms with E-state index in [-0.39, 0.29) is 18.4 Å². The van der Waals surface area contributed by atoms with Crippen LogP contribution in [0.2, 0.25) is 0 Å². The number of hydrogen-bond acceptors (Lipinski definition) is 5. The highest BCUT2D eigenvalue weighted by molar-refractivity contribution is 5.89. The molecule has 5 rings (SSSR count). The Morgan fingerprint density at radius 3 is 3.04 bits per heavy atom. The molecule has 0 amide bonds. The average Bonchev–Trinajstić information content (AvgIpc) is 3.38. The van der Waals surface area contributed by atoms with Gasteiger partial charge in [0.2, 0.25) is 0 Å². The van der Waals surface area contributed by atoms with E-state index >= 15 is 0 Å². The van der Waals surface area contributed by atoms with Crippen LogP contribution in [-0.4, -0.2) is 62.0 Å². The molecule has 0 aliphatic carbocycles. The SMILES string of the molecule is O=c1[nH]nc2cc(CN3CCOC(CO)C3)c3ccc(-c4ccc[nH]4)cc3n12. The molecule has 8 nitrogen and oxygen atoms in total. The number of pyridine rings is 1. The zero-order valence-electron chi connectivity index (χ0n) is 15.3. The number of aromatic amines is 2. The lowest BCUT2D eigenvalue weighted by atomic mass is 10.0. The van der Waals surface area contributed by atoms with Gasteiger partial charge in [-0.3, -0.25) is 4.90 Å². The quantitative estimate of drug-likeness (QED) is 0.497. The summed E-state index contributed by atoms with van der Waals surface area (Å²) in [4.78, 5) is 17.8. The van der Waals surface area contributed by atoms with Crippen molar-refractivity contribution in [3.8, 4) is 11.3 Å². The van der Waals surface area contributed by atoms with Crippen molar-refractivity contribution >= 4 is 16.6 Å². The first-order valence-electron chi connectivity index (χ1n) is 9.34. The summed E-state index contributed by atoms with van der Waals surface area (Å²) in [6.07, 6.45) is 1.72. The third-order valence-corrected chi connectivity index (χ3v) is 5.32. The first-order valence-corrected chi connectivity index (χ1v) is 9.34. The molecule has 0 bridgehead atoms. The van der Waals surface area contributed by atoms with E-state index in [1.165, 1.54) is 0 Å². The number of rotatable bonds is 4. The summed E-state index contributed by atoms with van der Waals surface area (Å²) in [5.41, 5.74) is 4.28. The van der Waals surface area contributed by atoms with Crippen molar-refractivity contribution in [1.29, 1.82) is 0 Å². The third kappa shape index (κ3) is 2.91. The van der Waals surface area contributed by atoms with Gasteiger partial charge in [-0.15, -0.1) is 0 Å². The molecule has 144 valence electrons. The van der Waals surface area contributed by atoms with E-state index in [1.807, 2.05) is 30.5 Å². The molecule has 0 radical (unpaired) electrons. The highest BCUT2D eigenvalue weighted by Gasteiger charge is 2.21. The molecule has 8 heteroatoms. The molecule has 3 aromatic heterocycles. The fourth-order valence-corrected chi connectivity index (χ4v) is 3.94. The van der Waals surface area contributed by atoms with Crippen LogP contribution in [0.3, 0.4) is 0 Å². The van der Waals surface area contributed by atoms with E-state index in [0.717, 1.165) is 34.3 Å². The Bertz CT molecular complexity index is 1180. The van der Waals surface area contributed by atoms with Crippen molar-refractivity contribution in [2.24, 2.45) is 0 Å². The maximum Gasteiger partial charge on any atom is 0.348 e. The largest absolute Gasteiger partial charge is 0.394 e. The smallest absolute Gasteiger partial charge is 0.348 e. The van der Waals surface area contributed by atoms with Crippen LogP contribution in [0.25, 0.3) is 27.8 Å². The number of hydrogen-bond donors (Lipinski definition) is 3. The lowest BCUT2D eigenvalue weighted by Gasteiger charge is -2.32. The molecule has 4 heterocycles. The fraction of sp³-hybridized carbons (Fsp3) is 0.300. The van der Waals surface area contributed by atoms with E-state index in [2.05, 4.69) is 32.2 Å². The van der Waals surface area contributed by atoms with Crippen molar-refractivity contribution in [3.63, 3.8) is 0 Å². The minimum atomic E-state index is -0.248. The molecule has 0 spiro atoms. The normalized spacial score (nSPS) is 18.2. The number of nitrogens with one attached hydrogen (secondary N) is 2. The molecular weight excluding hydrogens is 358 g/mol. The Balaban J connectivity index is 1.63. The summed E-state index contributed by atoms with van der Waals surface area (Å²) < 4.78 is 7.17. The highest BCUT2D eigenvalue weighted by Crippen LogP contribution is 2.27. The fourth-order valence-electron chi connectivity index (χ4n) is 3.94. The van der Waals surface area contributed by atoms with Gasteiger partial charge in [-0.25, -0.2) is 14.3 Å². The average molecular weight is 379 g/mol. The molecular formula is C20H21N5O3. The van der Waals surface area contributed by atoms with Gasteiger partial charge >= 0.3 is 5.69 Å². The summed E-state index contributed by atoms with van der Waals surface area (Å²) in [6, 6.07) is 12.0. The number of aromatic nitrogens is 4. The van der Waals surface area contributed by atoms with Gasteiger partial charge in [0, 0.05) is 42.5 Å². The summed E-state index contributed by atoms with van der Waals surface area (Å²) in [6.45, 7) is 2.80. The maximum absolute atomic E-state index is 12.4. The van der Waals surface area contributed by atoms with E-state index in [0.29, 0.717) is 25.3 Å². The number of ether oxygens (including phenoxy) is 1. The highest BCUT2D eigenvalue weighted by atomic mass is 16.5. The molecule has 1 fully saturated rings. The van der Waals surface area contributed by atoms with Crippen LogP contribution in [0, 0.1) is 0 Å². The Hall–Kier alpha value is -2.94. The van der Waals surface area contributed by atoms with E-state index in [4.69, 9.17) is 4.74 Å². The van der Waals surface area contributed by atoms with Gasteiger partial charge in [-0.05, 0) is 29.8 Å². The van der Waals surface area contributed by atoms with Gasteiger partial charge in [0.25, 0.3) is 0 Å². The Labute approximate surface area is 160 Å². The first-order chi connectivity index (χ1) is 13.7. The molecule has 0 saturated carbocycles. The molecule has 3 N–H and O–H groups in total. The number of morpholine rings is 1. The van der Waals surface area contributed by atoms with Crippen molar-refractivity contribution in [2.75, 3.05) is 26.3 Å². The predicted molar refractivity (Wildman–Crippen MR) is 105 cm³/mol. The third-order valence-electron chi connectivity index (χ3n) is 5.32. The number of aliphatic hydroxyl groups is 1. The monoisotopic (exact) mass is 379 g/mol. The Kier molecular flexibility index (Phi) is 4.23. The standard InChI is InChI=1S/C20H21N5O3/c26-12-15-11-24(6-7-28-15)10-14-9-19-22-23-20(27)25(19)18-8-13(3-4-16(14)18)17-2-1-5-21-17/h1-5,8-9,15,21,26H,6-7,10-12H2,(H,23,27). The number of benzene rings is 1. The second-order valence-electron chi connectivity index (χ2n) is 7.12. The number of H-pyrrole nitrogens is 2. The van der Waals surface area contributed by atoms with Gasteiger partial charge in [0.1, 0.15) is 0 Å². The lowest BCUT2D eigenvalue weighted by Crippen LogP contribution is -2.43. The van der Waals surface area contributed by atoms with Crippen molar-refractivity contribution in [1.82, 2.24) is 24.5 Å². The van der Waals surface area contributed by atoms with Crippen molar-refractivity contribution in [2.45, 2.75) is 12.6 Å². The second kappa shape index (κ2) is 6.90.